The van der Waals surface area contributed by atoms with E-state index in [1.54, 1.807) is 18.5 Å². The van der Waals surface area contributed by atoms with Gasteiger partial charge in [-0.2, -0.15) is 0 Å². The minimum Gasteiger partial charge on any atom is -0.460 e. The zero-order valence-corrected chi connectivity index (χ0v) is 13.4. The summed E-state index contributed by atoms with van der Waals surface area (Å²) in [6, 6.07) is 4.77. The van der Waals surface area contributed by atoms with Crippen LogP contribution in [0.25, 0.3) is 0 Å². The molecule has 0 unspecified atom stereocenters. The molecule has 2 N–H and O–H groups in total. The predicted molar refractivity (Wildman–Crippen MR) is 87.2 cm³/mol. The summed E-state index contributed by atoms with van der Waals surface area (Å²) in [5, 5.41) is 4.96. The molecule has 1 aliphatic carbocycles. The van der Waals surface area contributed by atoms with Gasteiger partial charge in [0.15, 0.2) is 0 Å². The Bertz CT molecular complexity index is 702. The first-order valence-corrected chi connectivity index (χ1v) is 8.07. The molecular formula is C17H18F2N4O2. The molecule has 25 heavy (non-hydrogen) atoms. The summed E-state index contributed by atoms with van der Waals surface area (Å²) >= 11 is 0. The molecule has 1 aliphatic rings. The molecule has 1 saturated carbocycles. The molecule has 1 aromatic carbocycles. The molecule has 1 fully saturated rings. The maximum atomic E-state index is 13.5. The maximum Gasteiger partial charge on any atom is 0.319 e. The largest absolute Gasteiger partial charge is 0.460 e. The number of ether oxygens (including phenoxy) is 1. The van der Waals surface area contributed by atoms with Crippen molar-refractivity contribution in [1.29, 1.82) is 0 Å². The molecule has 1 aromatic heterocycles. The summed E-state index contributed by atoms with van der Waals surface area (Å²) < 4.78 is 32.8. The smallest absolute Gasteiger partial charge is 0.319 e. The van der Waals surface area contributed by atoms with Gasteiger partial charge in [0.1, 0.15) is 23.4 Å². The van der Waals surface area contributed by atoms with Gasteiger partial charge >= 0.3 is 12.0 Å². The van der Waals surface area contributed by atoms with Crippen molar-refractivity contribution in [3.8, 4) is 6.01 Å². The molecule has 132 valence electrons. The van der Waals surface area contributed by atoms with E-state index in [1.165, 1.54) is 6.07 Å². The number of anilines is 1. The molecule has 0 saturated heterocycles. The van der Waals surface area contributed by atoms with Crippen LogP contribution in [0.15, 0.2) is 36.7 Å². The molecule has 2 amide bonds. The second kappa shape index (κ2) is 7.87. The Labute approximate surface area is 143 Å². The van der Waals surface area contributed by atoms with Crippen molar-refractivity contribution < 1.29 is 18.3 Å². The van der Waals surface area contributed by atoms with Gasteiger partial charge in [-0.25, -0.2) is 23.5 Å². The lowest BCUT2D eigenvalue weighted by molar-refractivity contribution is 0.129. The van der Waals surface area contributed by atoms with Gasteiger partial charge < -0.3 is 15.4 Å². The van der Waals surface area contributed by atoms with E-state index in [2.05, 4.69) is 20.6 Å². The van der Waals surface area contributed by atoms with Crippen molar-refractivity contribution in [3.63, 3.8) is 0 Å². The highest BCUT2D eigenvalue weighted by Crippen LogP contribution is 2.22. The van der Waals surface area contributed by atoms with E-state index >= 15 is 0 Å². The Balaban J connectivity index is 1.46. The molecule has 0 spiro atoms. The fourth-order valence-electron chi connectivity index (χ4n) is 2.77. The lowest BCUT2D eigenvalue weighted by atomic mass is 9.93. The van der Waals surface area contributed by atoms with E-state index < -0.39 is 23.4 Å². The van der Waals surface area contributed by atoms with Crippen LogP contribution in [0.1, 0.15) is 25.7 Å². The summed E-state index contributed by atoms with van der Waals surface area (Å²) in [7, 11) is 0. The first-order chi connectivity index (χ1) is 12.1. The summed E-state index contributed by atoms with van der Waals surface area (Å²) in [5.74, 6) is -1.62. The molecule has 1 heterocycles. The first-order valence-electron chi connectivity index (χ1n) is 8.07. The number of benzene rings is 1. The number of carbonyl (C=O) groups is 1. The van der Waals surface area contributed by atoms with E-state index in [9.17, 15) is 13.6 Å². The lowest BCUT2D eigenvalue weighted by Gasteiger charge is -2.28. The van der Waals surface area contributed by atoms with Crippen molar-refractivity contribution in [2.45, 2.75) is 37.8 Å². The lowest BCUT2D eigenvalue weighted by Crippen LogP contribution is -2.42. The number of halogens is 2. The van der Waals surface area contributed by atoms with Crippen LogP contribution in [0.3, 0.4) is 0 Å². The molecule has 8 heteroatoms. The number of carbonyl (C=O) groups excluding carboxylic acids is 1. The van der Waals surface area contributed by atoms with Gasteiger partial charge in [-0.15, -0.1) is 0 Å². The molecule has 0 atom stereocenters. The van der Waals surface area contributed by atoms with Gasteiger partial charge in [0.05, 0.1) is 0 Å². The summed E-state index contributed by atoms with van der Waals surface area (Å²) in [6.45, 7) is 0. The summed E-state index contributed by atoms with van der Waals surface area (Å²) in [5.41, 5.74) is -0.446. The van der Waals surface area contributed by atoms with E-state index in [1.807, 2.05) is 0 Å². The van der Waals surface area contributed by atoms with Gasteiger partial charge in [-0.1, -0.05) is 6.07 Å². The third-order valence-corrected chi connectivity index (χ3v) is 4.02. The molecular weight excluding hydrogens is 330 g/mol. The number of nitrogens with one attached hydrogen (secondary N) is 2. The van der Waals surface area contributed by atoms with Crippen LogP contribution in [0.2, 0.25) is 0 Å². The van der Waals surface area contributed by atoms with Crippen LogP contribution in [0.4, 0.5) is 19.3 Å². The van der Waals surface area contributed by atoms with E-state index in [4.69, 9.17) is 4.74 Å². The number of urea groups is 1. The normalized spacial score (nSPS) is 19.9. The molecule has 0 bridgehead atoms. The summed E-state index contributed by atoms with van der Waals surface area (Å²) in [6.07, 6.45) is 6.08. The van der Waals surface area contributed by atoms with E-state index in [-0.39, 0.29) is 12.1 Å². The standard InChI is InChI=1S/C17H18F2N4O2/c18-13-3-1-4-14(19)15(13)23-16(24)22-11-5-7-12(8-6-11)25-17-20-9-2-10-21-17/h1-4,9-12H,5-8H2,(H2,22,23,24). The van der Waals surface area contributed by atoms with Crippen molar-refractivity contribution >= 4 is 11.7 Å². The van der Waals surface area contributed by atoms with Crippen molar-refractivity contribution in [1.82, 2.24) is 15.3 Å². The monoisotopic (exact) mass is 348 g/mol. The highest BCUT2D eigenvalue weighted by molar-refractivity contribution is 5.89. The van der Waals surface area contributed by atoms with Crippen LogP contribution >= 0.6 is 0 Å². The van der Waals surface area contributed by atoms with Crippen molar-refractivity contribution in [2.24, 2.45) is 0 Å². The maximum absolute atomic E-state index is 13.5. The minimum atomic E-state index is -0.810. The van der Waals surface area contributed by atoms with Gasteiger partial charge in [-0.05, 0) is 43.9 Å². The third kappa shape index (κ3) is 4.62. The van der Waals surface area contributed by atoms with Crippen LogP contribution in [-0.2, 0) is 0 Å². The van der Waals surface area contributed by atoms with Gasteiger partial charge in [0.25, 0.3) is 0 Å². The predicted octanol–water partition coefficient (Wildman–Crippen LogP) is 3.27. The SMILES string of the molecule is O=C(Nc1c(F)cccc1F)NC1CCC(Oc2ncccn2)CC1. The summed E-state index contributed by atoms with van der Waals surface area (Å²) in [4.78, 5) is 20.0. The van der Waals surface area contributed by atoms with Crippen molar-refractivity contribution in [2.75, 3.05) is 5.32 Å². The topological polar surface area (TPSA) is 76.1 Å². The van der Waals surface area contributed by atoms with E-state index in [0.717, 1.165) is 25.0 Å². The van der Waals surface area contributed by atoms with Crippen molar-refractivity contribution in [3.05, 3.63) is 48.3 Å². The number of amides is 2. The Kier molecular flexibility index (Phi) is 5.37. The van der Waals surface area contributed by atoms with E-state index in [0.29, 0.717) is 18.9 Å². The number of para-hydroxylation sites is 1. The first kappa shape index (κ1) is 17.1. The zero-order valence-electron chi connectivity index (χ0n) is 13.4. The molecule has 3 rings (SSSR count). The minimum absolute atomic E-state index is 0.00692. The fraction of sp³-hybridized carbons (Fsp3) is 0.353. The van der Waals surface area contributed by atoms with Gasteiger partial charge in [-0.3, -0.25) is 0 Å². The second-order valence-electron chi connectivity index (χ2n) is 5.82. The van der Waals surface area contributed by atoms with Crippen LogP contribution in [0, 0.1) is 11.6 Å². The number of aromatic nitrogens is 2. The zero-order chi connectivity index (χ0) is 17.6. The Morgan fingerprint density at radius 1 is 1.04 bits per heavy atom. The van der Waals surface area contributed by atoms with Crippen LogP contribution < -0.4 is 15.4 Å². The Morgan fingerprint density at radius 3 is 2.32 bits per heavy atom. The van der Waals surface area contributed by atoms with Crippen LogP contribution in [-0.4, -0.2) is 28.1 Å². The molecule has 0 aliphatic heterocycles. The number of hydrogen-bond acceptors (Lipinski definition) is 4. The molecule has 6 nitrogen and oxygen atoms in total. The Morgan fingerprint density at radius 2 is 1.68 bits per heavy atom. The fourth-order valence-corrected chi connectivity index (χ4v) is 2.77. The highest BCUT2D eigenvalue weighted by atomic mass is 19.1. The number of rotatable bonds is 4. The third-order valence-electron chi connectivity index (χ3n) is 4.02. The molecule has 2 aromatic rings. The second-order valence-corrected chi connectivity index (χ2v) is 5.82. The average Bonchev–Trinajstić information content (AvgIpc) is 2.61. The van der Waals surface area contributed by atoms with Gasteiger partial charge in [0.2, 0.25) is 0 Å². The number of nitrogens with zero attached hydrogens (tertiary/aromatic N) is 2. The highest BCUT2D eigenvalue weighted by Gasteiger charge is 2.24. The average molecular weight is 348 g/mol. The quantitative estimate of drug-likeness (QED) is 0.889. The van der Waals surface area contributed by atoms with Crippen LogP contribution in [0.5, 0.6) is 6.01 Å². The molecule has 0 radical (unpaired) electrons. The number of hydrogen-bond donors (Lipinski definition) is 2. The van der Waals surface area contributed by atoms with Gasteiger partial charge in [0, 0.05) is 18.4 Å². The Hall–Kier alpha value is -2.77.